The number of rotatable bonds is 4. The maximum absolute atomic E-state index is 12.0. The van der Waals surface area contributed by atoms with Crippen molar-refractivity contribution in [2.45, 2.75) is 20.8 Å². The molecule has 5 nitrogen and oxygen atoms in total. The molecule has 5 heteroatoms. The molecule has 0 radical (unpaired) electrons. The van der Waals surface area contributed by atoms with Crippen molar-refractivity contribution >= 4 is 11.5 Å². The van der Waals surface area contributed by atoms with E-state index in [9.17, 15) is 20.0 Å². The number of benzene rings is 1. The third-order valence-corrected chi connectivity index (χ3v) is 2.61. The number of Topliss-reactive ketones (excluding diaryl/α,β-unsaturated/α-hetero) is 1. The molecule has 0 bridgehead atoms. The van der Waals surface area contributed by atoms with E-state index in [0.29, 0.717) is 5.56 Å². The van der Waals surface area contributed by atoms with Gasteiger partial charge in [-0.1, -0.05) is 13.8 Å². The number of aliphatic hydroxyl groups is 1. The number of nitrogens with zero attached hydrogens (tertiary/aromatic N) is 1. The normalized spacial score (nSPS) is 12.2. The average molecular weight is 249 g/mol. The Hall–Kier alpha value is -2.17. The molecule has 0 aliphatic carbocycles. The van der Waals surface area contributed by atoms with Crippen LogP contribution < -0.4 is 0 Å². The average Bonchev–Trinajstić information content (AvgIpc) is 2.36. The van der Waals surface area contributed by atoms with Gasteiger partial charge in [-0.15, -0.1) is 0 Å². The Labute approximate surface area is 105 Å². The summed E-state index contributed by atoms with van der Waals surface area (Å²) in [6, 6.07) is 5.31. The Bertz CT molecular complexity index is 500. The second kappa shape index (κ2) is 5.44. The van der Waals surface area contributed by atoms with Crippen molar-refractivity contribution in [2.75, 3.05) is 0 Å². The highest BCUT2D eigenvalue weighted by molar-refractivity contribution is 6.08. The summed E-state index contributed by atoms with van der Waals surface area (Å²) in [4.78, 5) is 21.9. The predicted molar refractivity (Wildman–Crippen MR) is 67.6 cm³/mol. The zero-order valence-corrected chi connectivity index (χ0v) is 10.5. The van der Waals surface area contributed by atoms with Crippen LogP contribution in [0.5, 0.6) is 0 Å². The molecule has 0 atom stereocenters. The summed E-state index contributed by atoms with van der Waals surface area (Å²) >= 11 is 0. The molecule has 0 saturated heterocycles. The summed E-state index contributed by atoms with van der Waals surface area (Å²) in [7, 11) is 0. The third kappa shape index (κ3) is 2.94. The third-order valence-electron chi connectivity index (χ3n) is 2.61. The van der Waals surface area contributed by atoms with Crippen molar-refractivity contribution in [1.82, 2.24) is 0 Å². The van der Waals surface area contributed by atoms with Crippen molar-refractivity contribution in [1.29, 1.82) is 0 Å². The van der Waals surface area contributed by atoms with Crippen molar-refractivity contribution in [2.24, 2.45) is 5.92 Å². The molecule has 1 aromatic rings. The van der Waals surface area contributed by atoms with Gasteiger partial charge in [0.25, 0.3) is 5.69 Å². The van der Waals surface area contributed by atoms with E-state index in [1.54, 1.807) is 20.8 Å². The number of carbonyl (C=O) groups is 1. The van der Waals surface area contributed by atoms with Gasteiger partial charge < -0.3 is 5.11 Å². The number of nitro groups is 1. The second-order valence-corrected chi connectivity index (χ2v) is 4.30. The standard InChI is InChI=1S/C13H15NO4/c1-8(2)12(15)9(3)13(16)10-4-6-11(7-5-10)14(17)18/h4-8,15H,1-3H3/b12-9-. The van der Waals surface area contributed by atoms with Gasteiger partial charge in [0.15, 0.2) is 5.78 Å². The van der Waals surface area contributed by atoms with Gasteiger partial charge in [0, 0.05) is 29.2 Å². The van der Waals surface area contributed by atoms with Crippen LogP contribution in [0.2, 0.25) is 0 Å². The van der Waals surface area contributed by atoms with Gasteiger partial charge in [-0.05, 0) is 19.1 Å². The highest BCUT2D eigenvalue weighted by atomic mass is 16.6. The number of hydrogen-bond donors (Lipinski definition) is 1. The number of aliphatic hydroxyl groups excluding tert-OH is 1. The molecule has 1 N–H and O–H groups in total. The Kier molecular flexibility index (Phi) is 4.20. The SMILES string of the molecule is C/C(C(=O)c1ccc([N+](=O)[O-])cc1)=C(/O)C(C)C. The summed E-state index contributed by atoms with van der Waals surface area (Å²) < 4.78 is 0. The molecule has 0 saturated carbocycles. The molecular weight excluding hydrogens is 234 g/mol. The summed E-state index contributed by atoms with van der Waals surface area (Å²) in [6.45, 7) is 5.10. The molecule has 96 valence electrons. The minimum atomic E-state index is -0.525. The Morgan fingerprint density at radius 1 is 1.28 bits per heavy atom. The van der Waals surface area contributed by atoms with Crippen LogP contribution in [0.25, 0.3) is 0 Å². The summed E-state index contributed by atoms with van der Waals surface area (Å²) in [5.74, 6) is -0.415. The topological polar surface area (TPSA) is 80.4 Å². The van der Waals surface area contributed by atoms with Crippen molar-refractivity contribution < 1.29 is 14.8 Å². The molecule has 0 unspecified atom stereocenters. The monoisotopic (exact) mass is 249 g/mol. The van der Waals surface area contributed by atoms with Gasteiger partial charge >= 0.3 is 0 Å². The first-order valence-electron chi connectivity index (χ1n) is 5.53. The zero-order valence-electron chi connectivity index (χ0n) is 10.5. The van der Waals surface area contributed by atoms with E-state index < -0.39 is 4.92 Å². The van der Waals surface area contributed by atoms with E-state index in [1.807, 2.05) is 0 Å². The molecule has 0 heterocycles. The van der Waals surface area contributed by atoms with Crippen molar-refractivity contribution in [3.63, 3.8) is 0 Å². The molecule has 0 spiro atoms. The fourth-order valence-corrected chi connectivity index (χ4v) is 1.50. The molecule has 1 aromatic carbocycles. The van der Waals surface area contributed by atoms with Crippen LogP contribution in [0, 0.1) is 16.0 Å². The largest absolute Gasteiger partial charge is 0.512 e. The van der Waals surface area contributed by atoms with Gasteiger partial charge in [0.2, 0.25) is 0 Å². The van der Waals surface area contributed by atoms with Crippen LogP contribution in [-0.4, -0.2) is 15.8 Å². The summed E-state index contributed by atoms with van der Waals surface area (Å²) in [6.07, 6.45) is 0. The smallest absolute Gasteiger partial charge is 0.269 e. The first kappa shape index (κ1) is 13.9. The van der Waals surface area contributed by atoms with Crippen LogP contribution in [0.3, 0.4) is 0 Å². The number of nitro benzene ring substituents is 1. The number of ketones is 1. The lowest BCUT2D eigenvalue weighted by Crippen LogP contribution is -2.07. The number of allylic oxidation sites excluding steroid dienone is 2. The molecule has 0 aliphatic heterocycles. The van der Waals surface area contributed by atoms with Gasteiger partial charge in [-0.25, -0.2) is 0 Å². The lowest BCUT2D eigenvalue weighted by molar-refractivity contribution is -0.384. The Balaban J connectivity index is 3.05. The maximum Gasteiger partial charge on any atom is 0.269 e. The molecule has 0 aromatic heterocycles. The van der Waals surface area contributed by atoms with E-state index >= 15 is 0 Å². The molecule has 0 aliphatic rings. The minimum Gasteiger partial charge on any atom is -0.512 e. The highest BCUT2D eigenvalue weighted by Gasteiger charge is 2.15. The van der Waals surface area contributed by atoms with Crippen molar-refractivity contribution in [3.8, 4) is 0 Å². The van der Waals surface area contributed by atoms with Gasteiger partial charge in [-0.3, -0.25) is 14.9 Å². The fraction of sp³-hybridized carbons (Fsp3) is 0.308. The zero-order chi connectivity index (χ0) is 13.9. The first-order chi connectivity index (χ1) is 8.34. The summed E-state index contributed by atoms with van der Waals surface area (Å²) in [5, 5.41) is 20.2. The molecule has 0 amide bonds. The van der Waals surface area contributed by atoms with E-state index in [1.165, 1.54) is 24.3 Å². The van der Waals surface area contributed by atoms with Crippen LogP contribution in [0.1, 0.15) is 31.1 Å². The van der Waals surface area contributed by atoms with Crippen LogP contribution >= 0.6 is 0 Å². The number of non-ortho nitro benzene ring substituents is 1. The fourth-order valence-electron chi connectivity index (χ4n) is 1.50. The van der Waals surface area contributed by atoms with Crippen molar-refractivity contribution in [3.05, 3.63) is 51.3 Å². The lowest BCUT2D eigenvalue weighted by Gasteiger charge is -2.08. The molecule has 18 heavy (non-hydrogen) atoms. The van der Waals surface area contributed by atoms with Gasteiger partial charge in [0.05, 0.1) is 4.92 Å². The number of carbonyl (C=O) groups excluding carboxylic acids is 1. The van der Waals surface area contributed by atoms with E-state index in [2.05, 4.69) is 0 Å². The van der Waals surface area contributed by atoms with E-state index in [-0.39, 0.29) is 28.7 Å². The number of hydrogen-bond acceptors (Lipinski definition) is 4. The Morgan fingerprint density at radius 2 is 1.78 bits per heavy atom. The second-order valence-electron chi connectivity index (χ2n) is 4.30. The van der Waals surface area contributed by atoms with Gasteiger partial charge in [0.1, 0.15) is 5.76 Å². The lowest BCUT2D eigenvalue weighted by atomic mass is 9.99. The van der Waals surface area contributed by atoms with Crippen LogP contribution in [0.15, 0.2) is 35.6 Å². The van der Waals surface area contributed by atoms with E-state index in [0.717, 1.165) is 0 Å². The summed E-state index contributed by atoms with van der Waals surface area (Å²) in [5.41, 5.74) is 0.519. The minimum absolute atomic E-state index is 0.0401. The Morgan fingerprint density at radius 3 is 2.17 bits per heavy atom. The molecule has 0 fully saturated rings. The molecular formula is C13H15NO4. The highest BCUT2D eigenvalue weighted by Crippen LogP contribution is 2.18. The first-order valence-corrected chi connectivity index (χ1v) is 5.53. The van der Waals surface area contributed by atoms with E-state index in [4.69, 9.17) is 0 Å². The molecule has 1 rings (SSSR count). The van der Waals surface area contributed by atoms with Gasteiger partial charge in [-0.2, -0.15) is 0 Å². The maximum atomic E-state index is 12.0. The predicted octanol–water partition coefficient (Wildman–Crippen LogP) is 3.27. The van der Waals surface area contributed by atoms with Crippen LogP contribution in [-0.2, 0) is 0 Å². The van der Waals surface area contributed by atoms with Crippen LogP contribution in [0.4, 0.5) is 5.69 Å². The quantitative estimate of drug-likeness (QED) is 0.292.